The Morgan fingerprint density at radius 3 is 2.00 bits per heavy atom. The van der Waals surface area contributed by atoms with Crippen LogP contribution in [0.4, 0.5) is 0 Å². The predicted molar refractivity (Wildman–Crippen MR) is 135 cm³/mol. The van der Waals surface area contributed by atoms with E-state index < -0.39 is 0 Å². The lowest BCUT2D eigenvalue weighted by atomic mass is 10.1. The normalized spacial score (nSPS) is 12.6. The van der Waals surface area contributed by atoms with Crippen molar-refractivity contribution in [3.8, 4) is 0 Å². The first-order chi connectivity index (χ1) is 15.5. The number of nitrogens with zero attached hydrogens (tertiary/aromatic N) is 3. The van der Waals surface area contributed by atoms with Crippen LogP contribution in [0.2, 0.25) is 0 Å². The fourth-order valence-electron chi connectivity index (χ4n) is 3.04. The molecule has 0 saturated heterocycles. The minimum Gasteiger partial charge on any atom is -0.383 e. The van der Waals surface area contributed by atoms with Crippen molar-refractivity contribution in [2.75, 3.05) is 98.8 Å². The van der Waals surface area contributed by atoms with Gasteiger partial charge in [-0.05, 0) is 44.6 Å². The average molecular weight is 480 g/mol. The second kappa shape index (κ2) is 23.9. The molecule has 0 aromatic heterocycles. The van der Waals surface area contributed by atoms with Gasteiger partial charge in [-0.2, -0.15) is 0 Å². The van der Waals surface area contributed by atoms with E-state index in [1.807, 2.05) is 6.92 Å². The molecule has 0 atom stereocenters. The molecule has 0 aliphatic heterocycles. The van der Waals surface area contributed by atoms with Crippen LogP contribution in [0.25, 0.3) is 0 Å². The maximum Gasteiger partial charge on any atom is 0.0949 e. The van der Waals surface area contributed by atoms with Gasteiger partial charge in [0.1, 0.15) is 0 Å². The van der Waals surface area contributed by atoms with Gasteiger partial charge in [0.05, 0.1) is 33.0 Å². The summed E-state index contributed by atoms with van der Waals surface area (Å²) in [5, 5.41) is 0. The van der Waals surface area contributed by atoms with Gasteiger partial charge in [-0.3, -0.25) is 14.8 Å². The molecule has 0 bridgehead atoms. The summed E-state index contributed by atoms with van der Waals surface area (Å²) >= 11 is 1.54. The molecule has 8 nitrogen and oxygen atoms in total. The van der Waals surface area contributed by atoms with E-state index in [9.17, 15) is 0 Å². The second-order valence-electron chi connectivity index (χ2n) is 8.11. The fourth-order valence-corrected chi connectivity index (χ4v) is 3.59. The third-order valence-electron chi connectivity index (χ3n) is 4.69. The van der Waals surface area contributed by atoms with Crippen LogP contribution < -0.4 is 0 Å². The van der Waals surface area contributed by atoms with Gasteiger partial charge >= 0.3 is 0 Å². The van der Waals surface area contributed by atoms with Crippen molar-refractivity contribution in [2.45, 2.75) is 40.5 Å². The molecule has 0 rings (SSSR count). The molecule has 32 heavy (non-hydrogen) atoms. The lowest BCUT2D eigenvalue weighted by molar-refractivity contribution is -0.292. The Bertz CT molecular complexity index is 422. The SMILES string of the molecule is CCOOCCN(CCOSCCCN=C(C)CC(C)C)CCN(CCOC)CCOC. The van der Waals surface area contributed by atoms with Crippen molar-refractivity contribution in [1.82, 2.24) is 9.80 Å². The number of rotatable bonds is 24. The van der Waals surface area contributed by atoms with Crippen LogP contribution in [0, 0.1) is 5.92 Å². The summed E-state index contributed by atoms with van der Waals surface area (Å²) in [7, 11) is 3.47. The van der Waals surface area contributed by atoms with Crippen LogP contribution in [0.1, 0.15) is 40.5 Å². The first-order valence-electron chi connectivity index (χ1n) is 11.9. The molecule has 0 aliphatic rings. The monoisotopic (exact) mass is 479 g/mol. The lowest BCUT2D eigenvalue weighted by Gasteiger charge is -2.27. The van der Waals surface area contributed by atoms with E-state index in [1.165, 1.54) is 5.71 Å². The van der Waals surface area contributed by atoms with Crippen LogP contribution >= 0.6 is 12.0 Å². The highest BCUT2D eigenvalue weighted by Crippen LogP contribution is 2.06. The summed E-state index contributed by atoms with van der Waals surface area (Å²) in [4.78, 5) is 19.6. The molecule has 9 heteroatoms. The molecule has 0 amide bonds. The van der Waals surface area contributed by atoms with E-state index in [4.69, 9.17) is 23.4 Å². The molecule has 0 heterocycles. The Kier molecular flexibility index (Phi) is 23.7. The van der Waals surface area contributed by atoms with Gasteiger partial charge in [0.25, 0.3) is 0 Å². The first kappa shape index (κ1) is 31.7. The van der Waals surface area contributed by atoms with Gasteiger partial charge in [0.2, 0.25) is 0 Å². The molecule has 0 aromatic rings. The summed E-state index contributed by atoms with van der Waals surface area (Å²) in [6, 6.07) is 0. The Hall–Kier alpha value is -0.260. The van der Waals surface area contributed by atoms with Crippen molar-refractivity contribution in [3.63, 3.8) is 0 Å². The zero-order valence-electron chi connectivity index (χ0n) is 21.5. The maximum absolute atomic E-state index is 5.80. The largest absolute Gasteiger partial charge is 0.383 e. The van der Waals surface area contributed by atoms with E-state index in [0.29, 0.717) is 25.7 Å². The molecule has 0 N–H and O–H groups in total. The van der Waals surface area contributed by atoms with E-state index in [2.05, 4.69) is 35.6 Å². The Balaban J connectivity index is 4.18. The van der Waals surface area contributed by atoms with E-state index in [-0.39, 0.29) is 0 Å². The zero-order valence-corrected chi connectivity index (χ0v) is 22.3. The number of methoxy groups -OCH3 is 2. The van der Waals surface area contributed by atoms with Crippen LogP contribution in [0.15, 0.2) is 4.99 Å². The Labute approximate surface area is 201 Å². The van der Waals surface area contributed by atoms with Crippen molar-refractivity contribution in [3.05, 3.63) is 0 Å². The molecule has 0 fully saturated rings. The average Bonchev–Trinajstić information content (AvgIpc) is 2.76. The quantitative estimate of drug-likeness (QED) is 0.0686. The zero-order chi connectivity index (χ0) is 23.9. The number of aliphatic imine (C=N–C) groups is 1. The van der Waals surface area contributed by atoms with Crippen molar-refractivity contribution < 1.29 is 23.4 Å². The van der Waals surface area contributed by atoms with Crippen LogP contribution in [-0.2, 0) is 23.4 Å². The van der Waals surface area contributed by atoms with Crippen molar-refractivity contribution in [2.24, 2.45) is 10.9 Å². The minimum absolute atomic E-state index is 0.546. The summed E-state index contributed by atoms with van der Waals surface area (Å²) in [6.07, 6.45) is 2.13. The number of hydrogen-bond donors (Lipinski definition) is 0. The van der Waals surface area contributed by atoms with Gasteiger partial charge in [-0.15, -0.1) is 0 Å². The molecule has 0 radical (unpaired) electrons. The summed E-state index contributed by atoms with van der Waals surface area (Å²) < 4.78 is 16.3. The molecular weight excluding hydrogens is 430 g/mol. The Morgan fingerprint density at radius 2 is 1.44 bits per heavy atom. The molecule has 0 saturated carbocycles. The maximum atomic E-state index is 5.80. The smallest absolute Gasteiger partial charge is 0.0949 e. The Morgan fingerprint density at radius 1 is 0.844 bits per heavy atom. The van der Waals surface area contributed by atoms with Gasteiger partial charge < -0.3 is 13.7 Å². The van der Waals surface area contributed by atoms with Gasteiger partial charge in [0.15, 0.2) is 0 Å². The van der Waals surface area contributed by atoms with E-state index in [0.717, 1.165) is 77.6 Å². The number of ether oxygens (including phenoxy) is 2. The van der Waals surface area contributed by atoms with E-state index >= 15 is 0 Å². The molecule has 0 aliphatic carbocycles. The summed E-state index contributed by atoms with van der Waals surface area (Å²) in [6.45, 7) is 18.0. The summed E-state index contributed by atoms with van der Waals surface area (Å²) in [5.41, 5.74) is 1.25. The third kappa shape index (κ3) is 21.6. The first-order valence-corrected chi connectivity index (χ1v) is 12.9. The fraction of sp³-hybridized carbons (Fsp3) is 0.957. The molecule has 192 valence electrons. The minimum atomic E-state index is 0.546. The van der Waals surface area contributed by atoms with E-state index in [1.54, 1.807) is 26.3 Å². The number of hydrogen-bond acceptors (Lipinski definition) is 9. The van der Waals surface area contributed by atoms with Crippen LogP contribution in [-0.4, -0.2) is 114 Å². The van der Waals surface area contributed by atoms with Crippen molar-refractivity contribution >= 4 is 17.8 Å². The highest BCUT2D eigenvalue weighted by Gasteiger charge is 2.10. The molecular formula is C23H49N3O5S. The topological polar surface area (TPSA) is 65.0 Å². The third-order valence-corrected chi connectivity index (χ3v) is 5.48. The van der Waals surface area contributed by atoms with Gasteiger partial charge in [-0.1, -0.05) is 13.8 Å². The molecule has 0 spiro atoms. The van der Waals surface area contributed by atoms with Crippen LogP contribution in [0.3, 0.4) is 0 Å². The van der Waals surface area contributed by atoms with Crippen LogP contribution in [0.5, 0.6) is 0 Å². The predicted octanol–water partition coefficient (Wildman–Crippen LogP) is 3.41. The summed E-state index contributed by atoms with van der Waals surface area (Å²) in [5.74, 6) is 1.64. The molecule has 0 unspecified atom stereocenters. The van der Waals surface area contributed by atoms with Gasteiger partial charge in [-0.25, -0.2) is 9.78 Å². The second-order valence-corrected chi connectivity index (χ2v) is 8.99. The standard InChI is InChI=1S/C23H49N3O5S/c1-7-29-30-18-14-26(11-10-25(12-16-27-5)13-17-28-6)15-19-31-32-20-8-9-24-23(4)21-22(2)3/h22H,7-21H2,1-6H3. The highest BCUT2D eigenvalue weighted by atomic mass is 32.2. The highest BCUT2D eigenvalue weighted by molar-refractivity contribution is 7.94. The lowest BCUT2D eigenvalue weighted by Crippen LogP contribution is -2.40. The van der Waals surface area contributed by atoms with Crippen molar-refractivity contribution in [1.29, 1.82) is 0 Å². The van der Waals surface area contributed by atoms with Gasteiger partial charge in [0, 0.05) is 71.5 Å². The molecule has 0 aromatic carbocycles.